The van der Waals surface area contributed by atoms with Crippen LogP contribution in [0, 0.1) is 5.82 Å². The Hall–Kier alpha value is -1.95. The number of morpholine rings is 1. The summed E-state index contributed by atoms with van der Waals surface area (Å²) in [4.78, 5) is 14.6. The summed E-state index contributed by atoms with van der Waals surface area (Å²) >= 11 is 0. The first-order valence-corrected chi connectivity index (χ1v) is 8.19. The van der Waals surface area contributed by atoms with E-state index in [0.29, 0.717) is 19.7 Å². The van der Waals surface area contributed by atoms with E-state index < -0.39 is 0 Å². The predicted octanol–water partition coefficient (Wildman–Crippen LogP) is 3.06. The molecule has 1 N–H and O–H groups in total. The molecule has 2 aliphatic heterocycles. The van der Waals surface area contributed by atoms with E-state index in [1.54, 1.807) is 12.1 Å². The fraction of sp³-hybridized carbons (Fsp3) is 0.316. The molecule has 0 radical (unpaired) electrons. The predicted molar refractivity (Wildman–Crippen MR) is 95.2 cm³/mol. The highest BCUT2D eigenvalue weighted by Crippen LogP contribution is 2.24. The van der Waals surface area contributed by atoms with E-state index >= 15 is 0 Å². The maximum Gasteiger partial charge on any atom is 0.254 e. The first-order chi connectivity index (χ1) is 11.7. The smallest absolute Gasteiger partial charge is 0.254 e. The Labute approximate surface area is 152 Å². The molecule has 6 heteroatoms. The number of rotatable bonds is 2. The molecule has 132 valence electrons. The second kappa shape index (κ2) is 7.52. The van der Waals surface area contributed by atoms with Crippen LogP contribution >= 0.6 is 12.4 Å². The third-order valence-corrected chi connectivity index (χ3v) is 4.68. The third-order valence-electron chi connectivity index (χ3n) is 4.68. The number of hydrogen-bond acceptors (Lipinski definition) is 3. The lowest BCUT2D eigenvalue weighted by Crippen LogP contribution is -2.42. The molecule has 4 rings (SSSR count). The molecule has 0 saturated carbocycles. The molecule has 1 saturated heterocycles. The number of hydrogen-bond donors (Lipinski definition) is 1. The molecule has 4 nitrogen and oxygen atoms in total. The minimum atomic E-state index is -0.269. The molecule has 0 aromatic heterocycles. The first kappa shape index (κ1) is 17.9. The highest BCUT2D eigenvalue weighted by molar-refractivity contribution is 5.94. The van der Waals surface area contributed by atoms with E-state index in [2.05, 4.69) is 5.32 Å². The second-order valence-electron chi connectivity index (χ2n) is 6.25. The van der Waals surface area contributed by atoms with Crippen molar-refractivity contribution in [1.82, 2.24) is 10.2 Å². The number of fused-ring (bicyclic) bond motifs is 1. The standard InChI is InChI=1S/C19H19FN2O2.ClH/c20-17-5-3-13(4-6-17)18-12-22(7-8-24-18)19(23)14-1-2-15-10-21-11-16(15)9-14;/h1-6,9,18,21H,7-8,10-12H2;1H. The summed E-state index contributed by atoms with van der Waals surface area (Å²) in [6, 6.07) is 12.2. The molecular weight excluding hydrogens is 343 g/mol. The zero-order valence-corrected chi connectivity index (χ0v) is 14.5. The Bertz CT molecular complexity index is 767. The molecule has 2 heterocycles. The van der Waals surface area contributed by atoms with Crippen molar-refractivity contribution in [2.75, 3.05) is 19.7 Å². The average molecular weight is 363 g/mol. The van der Waals surface area contributed by atoms with Gasteiger partial charge in [0.05, 0.1) is 13.2 Å². The van der Waals surface area contributed by atoms with Gasteiger partial charge in [-0.15, -0.1) is 12.4 Å². The average Bonchev–Trinajstić information content (AvgIpc) is 3.09. The fourth-order valence-electron chi connectivity index (χ4n) is 3.32. The van der Waals surface area contributed by atoms with Crippen LogP contribution in [0.25, 0.3) is 0 Å². The molecule has 1 atom stereocenters. The zero-order valence-electron chi connectivity index (χ0n) is 13.7. The lowest BCUT2D eigenvalue weighted by atomic mass is 10.0. The van der Waals surface area contributed by atoms with Gasteiger partial charge in [0.2, 0.25) is 0 Å². The van der Waals surface area contributed by atoms with E-state index in [1.165, 1.54) is 23.3 Å². The molecule has 0 bridgehead atoms. The van der Waals surface area contributed by atoms with Crippen molar-refractivity contribution in [3.8, 4) is 0 Å². The van der Waals surface area contributed by atoms with Crippen molar-refractivity contribution < 1.29 is 13.9 Å². The van der Waals surface area contributed by atoms with Gasteiger partial charge in [0.15, 0.2) is 0 Å². The van der Waals surface area contributed by atoms with Crippen LogP contribution in [0.4, 0.5) is 4.39 Å². The lowest BCUT2D eigenvalue weighted by Gasteiger charge is -2.33. The third kappa shape index (κ3) is 3.68. The van der Waals surface area contributed by atoms with Gasteiger partial charge >= 0.3 is 0 Å². The number of amides is 1. The number of halogens is 2. The van der Waals surface area contributed by atoms with Crippen molar-refractivity contribution in [1.29, 1.82) is 0 Å². The van der Waals surface area contributed by atoms with Crippen LogP contribution in [0.3, 0.4) is 0 Å². The Morgan fingerprint density at radius 1 is 1.12 bits per heavy atom. The molecule has 25 heavy (non-hydrogen) atoms. The number of nitrogens with zero attached hydrogens (tertiary/aromatic N) is 1. The molecule has 0 spiro atoms. The second-order valence-corrected chi connectivity index (χ2v) is 6.25. The highest BCUT2D eigenvalue weighted by Gasteiger charge is 2.26. The summed E-state index contributed by atoms with van der Waals surface area (Å²) in [5.41, 5.74) is 4.08. The van der Waals surface area contributed by atoms with Crippen LogP contribution in [-0.2, 0) is 17.8 Å². The first-order valence-electron chi connectivity index (χ1n) is 8.19. The van der Waals surface area contributed by atoms with Gasteiger partial charge in [-0.05, 0) is 41.0 Å². The zero-order chi connectivity index (χ0) is 16.5. The molecule has 1 fully saturated rings. The summed E-state index contributed by atoms with van der Waals surface area (Å²) in [6.45, 7) is 3.23. The number of benzene rings is 2. The topological polar surface area (TPSA) is 41.6 Å². The van der Waals surface area contributed by atoms with Gasteiger partial charge in [-0.2, -0.15) is 0 Å². The van der Waals surface area contributed by atoms with E-state index in [4.69, 9.17) is 4.74 Å². The normalized spacial score (nSPS) is 19.2. The van der Waals surface area contributed by atoms with Crippen molar-refractivity contribution in [3.05, 3.63) is 70.5 Å². The molecule has 2 aromatic rings. The van der Waals surface area contributed by atoms with Crippen LogP contribution < -0.4 is 5.32 Å². The number of ether oxygens (including phenoxy) is 1. The van der Waals surface area contributed by atoms with Crippen LogP contribution in [0.5, 0.6) is 0 Å². The molecular formula is C19H20ClFN2O2. The fourth-order valence-corrected chi connectivity index (χ4v) is 3.32. The maximum atomic E-state index is 13.1. The summed E-state index contributed by atoms with van der Waals surface area (Å²) in [5.74, 6) is -0.241. The summed E-state index contributed by atoms with van der Waals surface area (Å²) in [5, 5.41) is 3.29. The van der Waals surface area contributed by atoms with Gasteiger partial charge in [-0.25, -0.2) is 4.39 Å². The van der Waals surface area contributed by atoms with Gasteiger partial charge in [-0.1, -0.05) is 18.2 Å². The summed E-state index contributed by atoms with van der Waals surface area (Å²) in [6.07, 6.45) is -0.209. The minimum absolute atomic E-state index is 0. The van der Waals surface area contributed by atoms with Gasteiger partial charge in [0.25, 0.3) is 5.91 Å². The van der Waals surface area contributed by atoms with Crippen molar-refractivity contribution in [2.45, 2.75) is 19.2 Å². The van der Waals surface area contributed by atoms with Crippen LogP contribution in [0.1, 0.15) is 33.2 Å². The van der Waals surface area contributed by atoms with Crippen LogP contribution in [-0.4, -0.2) is 30.5 Å². The van der Waals surface area contributed by atoms with Gasteiger partial charge in [-0.3, -0.25) is 4.79 Å². The molecule has 1 amide bonds. The van der Waals surface area contributed by atoms with Crippen molar-refractivity contribution in [2.24, 2.45) is 0 Å². The Kier molecular flexibility index (Phi) is 5.37. The minimum Gasteiger partial charge on any atom is -0.370 e. The van der Waals surface area contributed by atoms with Gasteiger partial charge < -0.3 is 15.0 Å². The maximum absolute atomic E-state index is 13.1. The van der Waals surface area contributed by atoms with E-state index in [0.717, 1.165) is 24.2 Å². The Balaban J connectivity index is 0.00000182. The molecule has 1 unspecified atom stereocenters. The lowest BCUT2D eigenvalue weighted by molar-refractivity contribution is -0.0228. The molecule has 2 aromatic carbocycles. The van der Waals surface area contributed by atoms with E-state index in [-0.39, 0.29) is 30.2 Å². The van der Waals surface area contributed by atoms with Gasteiger partial charge in [0.1, 0.15) is 11.9 Å². The van der Waals surface area contributed by atoms with Gasteiger partial charge in [0, 0.05) is 25.2 Å². The summed E-state index contributed by atoms with van der Waals surface area (Å²) in [7, 11) is 0. The van der Waals surface area contributed by atoms with E-state index in [1.807, 2.05) is 23.1 Å². The van der Waals surface area contributed by atoms with Crippen LogP contribution in [0.2, 0.25) is 0 Å². The highest BCUT2D eigenvalue weighted by atomic mass is 35.5. The number of carbonyl (C=O) groups excluding carboxylic acids is 1. The largest absolute Gasteiger partial charge is 0.370 e. The number of nitrogens with one attached hydrogen (secondary N) is 1. The Morgan fingerprint density at radius 2 is 1.88 bits per heavy atom. The SMILES string of the molecule is Cl.O=C(c1ccc2c(c1)CNC2)N1CCOC(c2ccc(F)cc2)C1. The number of carbonyl (C=O) groups is 1. The van der Waals surface area contributed by atoms with Crippen LogP contribution in [0.15, 0.2) is 42.5 Å². The molecule has 0 aliphatic carbocycles. The Morgan fingerprint density at radius 3 is 2.68 bits per heavy atom. The van der Waals surface area contributed by atoms with Crippen molar-refractivity contribution >= 4 is 18.3 Å². The monoisotopic (exact) mass is 362 g/mol. The van der Waals surface area contributed by atoms with E-state index in [9.17, 15) is 9.18 Å². The molecule has 2 aliphatic rings. The van der Waals surface area contributed by atoms with Crippen molar-refractivity contribution in [3.63, 3.8) is 0 Å². The summed E-state index contributed by atoms with van der Waals surface area (Å²) < 4.78 is 18.8. The quantitative estimate of drug-likeness (QED) is 0.892.